The Morgan fingerprint density at radius 1 is 1.12 bits per heavy atom. The Morgan fingerprint density at radius 2 is 1.77 bits per heavy atom. The van der Waals surface area contributed by atoms with Gasteiger partial charge >= 0.3 is 6.18 Å². The number of nitriles is 1. The highest BCUT2D eigenvalue weighted by Gasteiger charge is 2.51. The number of thiocarbonyl (C=S) groups is 1. The monoisotopic (exact) mass is 591 g/mol. The molecular formula is C28H32F3N3O4SSi. The molecule has 214 valence electrons. The van der Waals surface area contributed by atoms with Gasteiger partial charge in [0.25, 0.3) is 5.91 Å². The molecule has 1 unspecified atom stereocenters. The number of alkyl halides is 3. The third-order valence-corrected chi connectivity index (χ3v) is 12.6. The zero-order chi connectivity index (χ0) is 29.8. The first-order chi connectivity index (χ1) is 18.4. The molecule has 4 rings (SSSR count). The minimum Gasteiger partial charge on any atom is -0.486 e. The number of rotatable bonds is 5. The van der Waals surface area contributed by atoms with Gasteiger partial charge in [0.1, 0.15) is 12.1 Å². The van der Waals surface area contributed by atoms with Crippen molar-refractivity contribution < 1.29 is 31.9 Å². The van der Waals surface area contributed by atoms with Crippen LogP contribution in [0.4, 0.5) is 24.5 Å². The molecule has 1 saturated heterocycles. The van der Waals surface area contributed by atoms with Crippen LogP contribution < -0.4 is 19.3 Å². The van der Waals surface area contributed by atoms with Crippen molar-refractivity contribution in [2.45, 2.75) is 70.6 Å². The number of hydrogen-bond acceptors (Lipinski definition) is 6. The molecule has 0 radical (unpaired) electrons. The molecule has 0 bridgehead atoms. The van der Waals surface area contributed by atoms with Gasteiger partial charge in [-0.1, -0.05) is 20.8 Å². The summed E-state index contributed by atoms with van der Waals surface area (Å²) in [5, 5.41) is 9.20. The van der Waals surface area contributed by atoms with Crippen LogP contribution >= 0.6 is 12.2 Å². The molecule has 2 aromatic carbocycles. The Kier molecular flexibility index (Phi) is 7.49. The predicted molar refractivity (Wildman–Crippen MR) is 152 cm³/mol. The van der Waals surface area contributed by atoms with E-state index in [-0.39, 0.29) is 28.5 Å². The standard InChI is InChI=1S/C28H32F3N3O4SSi/c1-26(2,3)40(6,7)37-16-20-15-36-23-13-19(10-11-22(23)38-20)34-25(39)33(24(35)27(34,4)5)18-9-8-17(14-32)21(12-18)28(29,30)31/h8-13,20H,15-16H2,1-7H3. The van der Waals surface area contributed by atoms with Crippen LogP contribution in [0.15, 0.2) is 36.4 Å². The number of benzene rings is 2. The summed E-state index contributed by atoms with van der Waals surface area (Å²) >= 11 is 5.62. The van der Waals surface area contributed by atoms with Crippen molar-refractivity contribution in [3.63, 3.8) is 0 Å². The van der Waals surface area contributed by atoms with Crippen LogP contribution in [0.2, 0.25) is 18.1 Å². The minimum absolute atomic E-state index is 0.00477. The van der Waals surface area contributed by atoms with Crippen LogP contribution in [-0.2, 0) is 15.4 Å². The van der Waals surface area contributed by atoms with Gasteiger partial charge < -0.3 is 18.8 Å². The average molecular weight is 592 g/mol. The number of anilines is 2. The van der Waals surface area contributed by atoms with Gasteiger partial charge in [0, 0.05) is 11.8 Å². The maximum absolute atomic E-state index is 13.6. The Labute approximate surface area is 238 Å². The van der Waals surface area contributed by atoms with Crippen molar-refractivity contribution in [3.05, 3.63) is 47.5 Å². The van der Waals surface area contributed by atoms with Gasteiger partial charge in [0.15, 0.2) is 31.0 Å². The second kappa shape index (κ2) is 10.0. The lowest BCUT2D eigenvalue weighted by molar-refractivity contribution is -0.137. The van der Waals surface area contributed by atoms with Gasteiger partial charge in [0.05, 0.1) is 29.5 Å². The van der Waals surface area contributed by atoms with E-state index in [0.717, 1.165) is 17.0 Å². The summed E-state index contributed by atoms with van der Waals surface area (Å²) in [5.74, 6) is 0.475. The second-order valence-electron chi connectivity index (χ2n) is 11.9. The highest BCUT2D eigenvalue weighted by Crippen LogP contribution is 2.43. The molecule has 0 N–H and O–H groups in total. The van der Waals surface area contributed by atoms with Gasteiger partial charge in [-0.3, -0.25) is 9.69 Å². The van der Waals surface area contributed by atoms with Gasteiger partial charge in [-0.05, 0) is 74.5 Å². The average Bonchev–Trinajstić information content (AvgIpc) is 3.04. The highest BCUT2D eigenvalue weighted by molar-refractivity contribution is 7.81. The molecule has 7 nitrogen and oxygen atoms in total. The Morgan fingerprint density at radius 3 is 2.38 bits per heavy atom. The van der Waals surface area contributed by atoms with E-state index in [1.165, 1.54) is 6.07 Å². The lowest BCUT2D eigenvalue weighted by Crippen LogP contribution is -2.45. The number of halogens is 3. The maximum Gasteiger partial charge on any atom is 0.417 e. The molecule has 2 aliphatic heterocycles. The number of ether oxygens (including phenoxy) is 2. The Hall–Kier alpha value is -3.14. The van der Waals surface area contributed by atoms with Crippen LogP contribution in [0, 0.1) is 11.3 Å². The van der Waals surface area contributed by atoms with Crippen LogP contribution in [0.3, 0.4) is 0 Å². The van der Waals surface area contributed by atoms with Crippen LogP contribution in [0.1, 0.15) is 45.7 Å². The summed E-state index contributed by atoms with van der Waals surface area (Å²) in [6.45, 7) is 14.8. The summed E-state index contributed by atoms with van der Waals surface area (Å²) in [4.78, 5) is 16.1. The first-order valence-corrected chi connectivity index (χ1v) is 16.1. The fourth-order valence-corrected chi connectivity index (χ4v) is 5.86. The zero-order valence-corrected chi connectivity index (χ0v) is 25.3. The summed E-state index contributed by atoms with van der Waals surface area (Å²) in [6.07, 6.45) is -5.06. The van der Waals surface area contributed by atoms with E-state index in [1.54, 1.807) is 43.0 Å². The third kappa shape index (κ3) is 5.30. The Bertz CT molecular complexity index is 1400. The third-order valence-electron chi connectivity index (χ3n) is 7.70. The van der Waals surface area contributed by atoms with Crippen LogP contribution in [0.25, 0.3) is 0 Å². The van der Waals surface area contributed by atoms with Crippen molar-refractivity contribution in [2.75, 3.05) is 23.0 Å². The summed E-state index contributed by atoms with van der Waals surface area (Å²) < 4.78 is 59.2. The largest absolute Gasteiger partial charge is 0.486 e. The van der Waals surface area contributed by atoms with Crippen LogP contribution in [-0.4, -0.2) is 44.2 Å². The first kappa shape index (κ1) is 29.8. The first-order valence-electron chi connectivity index (χ1n) is 12.8. The van der Waals surface area contributed by atoms with Crippen molar-refractivity contribution in [3.8, 4) is 17.6 Å². The SMILES string of the molecule is CC1(C)C(=O)N(c2ccc(C#N)c(C(F)(F)F)c2)C(=S)N1c1ccc2c(c1)OCC(CO[Si](C)(C)C(C)(C)C)O2. The van der Waals surface area contributed by atoms with E-state index in [0.29, 0.717) is 23.8 Å². The van der Waals surface area contributed by atoms with Gasteiger partial charge in [-0.2, -0.15) is 18.4 Å². The summed E-state index contributed by atoms with van der Waals surface area (Å²) in [6, 6.07) is 9.80. The van der Waals surface area contributed by atoms with Crippen molar-refractivity contribution >= 4 is 42.9 Å². The molecule has 0 spiro atoms. The van der Waals surface area contributed by atoms with Crippen molar-refractivity contribution in [1.82, 2.24) is 0 Å². The van der Waals surface area contributed by atoms with E-state index >= 15 is 0 Å². The molecule has 2 aromatic rings. The molecule has 1 amide bonds. The Balaban J connectivity index is 1.59. The summed E-state index contributed by atoms with van der Waals surface area (Å²) in [7, 11) is -1.96. The lowest BCUT2D eigenvalue weighted by Gasteiger charge is -2.38. The number of fused-ring (bicyclic) bond motifs is 1. The van der Waals surface area contributed by atoms with Crippen LogP contribution in [0.5, 0.6) is 11.5 Å². The molecule has 0 saturated carbocycles. The van der Waals surface area contributed by atoms with E-state index in [2.05, 4.69) is 33.9 Å². The fraction of sp³-hybridized carbons (Fsp3) is 0.464. The number of carbonyl (C=O) groups excluding carboxylic acids is 1. The normalized spacial score (nSPS) is 19.2. The fourth-order valence-electron chi connectivity index (χ4n) is 4.30. The summed E-state index contributed by atoms with van der Waals surface area (Å²) in [5.41, 5.74) is -2.43. The molecule has 2 aliphatic rings. The highest BCUT2D eigenvalue weighted by atomic mass is 32.1. The molecule has 0 aromatic heterocycles. The number of carbonyl (C=O) groups is 1. The molecular weight excluding hydrogens is 559 g/mol. The lowest BCUT2D eigenvalue weighted by atomic mass is 10.0. The van der Waals surface area contributed by atoms with E-state index < -0.39 is 37.1 Å². The van der Waals surface area contributed by atoms with Crippen molar-refractivity contribution in [2.24, 2.45) is 0 Å². The van der Waals surface area contributed by atoms with Gasteiger partial charge in [-0.25, -0.2) is 0 Å². The van der Waals surface area contributed by atoms with E-state index in [4.69, 9.17) is 31.4 Å². The van der Waals surface area contributed by atoms with Gasteiger partial charge in [-0.15, -0.1) is 0 Å². The minimum atomic E-state index is -4.77. The number of nitrogens with zero attached hydrogens (tertiary/aromatic N) is 3. The van der Waals surface area contributed by atoms with E-state index in [1.807, 2.05) is 0 Å². The predicted octanol–water partition coefficient (Wildman–Crippen LogP) is 6.66. The van der Waals surface area contributed by atoms with Gasteiger partial charge in [0.2, 0.25) is 0 Å². The molecule has 1 fully saturated rings. The molecule has 12 heteroatoms. The quantitative estimate of drug-likeness (QED) is 0.285. The van der Waals surface area contributed by atoms with Crippen molar-refractivity contribution in [1.29, 1.82) is 5.26 Å². The number of hydrogen-bond donors (Lipinski definition) is 0. The van der Waals surface area contributed by atoms with E-state index in [9.17, 15) is 18.0 Å². The molecule has 40 heavy (non-hydrogen) atoms. The molecule has 1 atom stereocenters. The molecule has 0 aliphatic carbocycles. The topological polar surface area (TPSA) is 75.0 Å². The second-order valence-corrected chi connectivity index (χ2v) is 17.1. The number of amides is 1. The smallest absolute Gasteiger partial charge is 0.417 e. The maximum atomic E-state index is 13.6. The zero-order valence-electron chi connectivity index (χ0n) is 23.5. The molecule has 2 heterocycles.